The van der Waals surface area contributed by atoms with E-state index in [0.29, 0.717) is 38.2 Å². The summed E-state index contributed by atoms with van der Waals surface area (Å²) in [6.07, 6.45) is 10.4. The number of benzene rings is 1. The van der Waals surface area contributed by atoms with Crippen LogP contribution < -0.4 is 16.0 Å². The lowest BCUT2D eigenvalue weighted by molar-refractivity contribution is -0.124. The van der Waals surface area contributed by atoms with Gasteiger partial charge in [-0.1, -0.05) is 69.0 Å². The van der Waals surface area contributed by atoms with E-state index in [1.807, 2.05) is 67.6 Å². The van der Waals surface area contributed by atoms with Crippen molar-refractivity contribution in [1.82, 2.24) is 25.9 Å². The molecular weight excluding hydrogens is 498 g/mol. The molecule has 3 aromatic rings. The lowest BCUT2D eigenvalue weighted by atomic mass is 9.91. The molecule has 0 spiro atoms. The van der Waals surface area contributed by atoms with E-state index in [4.69, 9.17) is 0 Å². The number of amides is 1. The van der Waals surface area contributed by atoms with E-state index < -0.39 is 5.92 Å². The summed E-state index contributed by atoms with van der Waals surface area (Å²) in [5.41, 5.74) is 3.61. The van der Waals surface area contributed by atoms with Crippen molar-refractivity contribution in [1.29, 1.82) is 0 Å². The van der Waals surface area contributed by atoms with Gasteiger partial charge in [0.2, 0.25) is 5.91 Å². The predicted octanol–water partition coefficient (Wildman–Crippen LogP) is 5.61. The van der Waals surface area contributed by atoms with Crippen molar-refractivity contribution in [2.24, 2.45) is 5.92 Å². The van der Waals surface area contributed by atoms with Crippen molar-refractivity contribution in [3.8, 4) is 0 Å². The SMILES string of the molecule is CCCCCC[C@H](C)NC(=O)C(CCCNCc1ccccn1)C(=O)c1ccc(CNCc2ccccn2)cc1. The molecular formula is C33H45N5O2. The Morgan fingerprint density at radius 3 is 2.05 bits per heavy atom. The fourth-order valence-electron chi connectivity index (χ4n) is 4.65. The average molecular weight is 544 g/mol. The Morgan fingerprint density at radius 2 is 1.43 bits per heavy atom. The van der Waals surface area contributed by atoms with Crippen molar-refractivity contribution >= 4 is 11.7 Å². The van der Waals surface area contributed by atoms with Gasteiger partial charge in [-0.05, 0) is 62.6 Å². The summed E-state index contributed by atoms with van der Waals surface area (Å²) in [4.78, 5) is 35.5. The molecule has 1 aromatic carbocycles. The number of hydrogen-bond donors (Lipinski definition) is 3. The van der Waals surface area contributed by atoms with Crippen LogP contribution in [0.5, 0.6) is 0 Å². The molecule has 0 saturated heterocycles. The van der Waals surface area contributed by atoms with Crippen LogP contribution in [0, 0.1) is 5.92 Å². The molecule has 0 bridgehead atoms. The van der Waals surface area contributed by atoms with Crippen LogP contribution in [0.15, 0.2) is 73.1 Å². The second-order valence-corrected chi connectivity index (χ2v) is 10.4. The highest BCUT2D eigenvalue weighted by atomic mass is 16.2. The maximum atomic E-state index is 13.5. The van der Waals surface area contributed by atoms with Crippen molar-refractivity contribution in [2.75, 3.05) is 6.54 Å². The van der Waals surface area contributed by atoms with Crippen LogP contribution >= 0.6 is 0 Å². The molecule has 2 heterocycles. The van der Waals surface area contributed by atoms with Crippen LogP contribution in [0.3, 0.4) is 0 Å². The molecule has 0 aliphatic heterocycles. The first kappa shape index (κ1) is 31.1. The first-order valence-electron chi connectivity index (χ1n) is 14.7. The molecule has 2 aromatic heterocycles. The third-order valence-electron chi connectivity index (χ3n) is 6.99. The van der Waals surface area contributed by atoms with Crippen LogP contribution in [0.4, 0.5) is 0 Å². The maximum absolute atomic E-state index is 13.5. The van der Waals surface area contributed by atoms with Gasteiger partial charge in [0.05, 0.1) is 11.4 Å². The van der Waals surface area contributed by atoms with Gasteiger partial charge < -0.3 is 16.0 Å². The van der Waals surface area contributed by atoms with Crippen LogP contribution in [0.2, 0.25) is 0 Å². The lowest BCUT2D eigenvalue weighted by Gasteiger charge is -2.20. The Balaban J connectivity index is 1.55. The lowest BCUT2D eigenvalue weighted by Crippen LogP contribution is -2.40. The number of pyridine rings is 2. The number of carbonyl (C=O) groups is 2. The molecule has 0 aliphatic rings. The first-order chi connectivity index (χ1) is 19.6. The van der Waals surface area contributed by atoms with Gasteiger partial charge in [0.1, 0.15) is 5.92 Å². The number of aromatic nitrogens is 2. The zero-order valence-corrected chi connectivity index (χ0v) is 24.1. The number of rotatable bonds is 19. The molecule has 7 heteroatoms. The third-order valence-corrected chi connectivity index (χ3v) is 6.99. The Morgan fingerprint density at radius 1 is 0.750 bits per heavy atom. The topological polar surface area (TPSA) is 96.0 Å². The second kappa shape index (κ2) is 18.0. The van der Waals surface area contributed by atoms with Crippen molar-refractivity contribution in [2.45, 2.75) is 84.5 Å². The summed E-state index contributed by atoms with van der Waals surface area (Å²) in [7, 11) is 0. The normalized spacial score (nSPS) is 12.6. The molecule has 1 amide bonds. The molecule has 0 radical (unpaired) electrons. The summed E-state index contributed by atoms with van der Waals surface area (Å²) >= 11 is 0. The molecule has 0 saturated carbocycles. The number of nitrogens with one attached hydrogen (secondary N) is 3. The van der Waals surface area contributed by atoms with Crippen molar-refractivity contribution < 1.29 is 9.59 Å². The number of unbranched alkanes of at least 4 members (excludes halogenated alkanes) is 3. The Bertz CT molecular complexity index is 1120. The summed E-state index contributed by atoms with van der Waals surface area (Å²) in [6.45, 7) is 6.95. The van der Waals surface area contributed by atoms with E-state index in [2.05, 4.69) is 32.8 Å². The minimum absolute atomic E-state index is 0.0505. The van der Waals surface area contributed by atoms with Gasteiger partial charge in [0.15, 0.2) is 5.78 Å². The summed E-state index contributed by atoms with van der Waals surface area (Å²) in [6, 6.07) is 19.4. The van der Waals surface area contributed by atoms with Gasteiger partial charge in [-0.2, -0.15) is 0 Å². The fourth-order valence-corrected chi connectivity index (χ4v) is 4.65. The number of hydrogen-bond acceptors (Lipinski definition) is 6. The zero-order chi connectivity index (χ0) is 28.4. The van der Waals surface area contributed by atoms with Gasteiger partial charge in [-0.25, -0.2) is 0 Å². The van der Waals surface area contributed by atoms with Crippen LogP contribution in [0.1, 0.15) is 86.1 Å². The number of carbonyl (C=O) groups excluding carboxylic acids is 2. The smallest absolute Gasteiger partial charge is 0.231 e. The summed E-state index contributed by atoms with van der Waals surface area (Å²) in [5.74, 6) is -0.991. The van der Waals surface area contributed by atoms with Crippen LogP contribution in [-0.4, -0.2) is 34.2 Å². The van der Waals surface area contributed by atoms with Crippen molar-refractivity contribution in [3.05, 3.63) is 95.6 Å². The highest BCUT2D eigenvalue weighted by Gasteiger charge is 2.28. The molecule has 214 valence electrons. The molecule has 7 nitrogen and oxygen atoms in total. The summed E-state index contributed by atoms with van der Waals surface area (Å²) < 4.78 is 0. The molecule has 2 atom stereocenters. The maximum Gasteiger partial charge on any atom is 0.231 e. The van der Waals surface area contributed by atoms with Gasteiger partial charge >= 0.3 is 0 Å². The van der Waals surface area contributed by atoms with Crippen LogP contribution in [0.25, 0.3) is 0 Å². The standard InChI is InChI=1S/C33H45N5O2/c1-3-4-5-6-12-26(2)38-33(40)31(15-11-20-34-24-29-13-7-9-21-36-29)32(39)28-18-16-27(17-19-28)23-35-25-30-14-8-10-22-37-30/h7-10,13-14,16-19,21-22,26,31,34-35H,3-6,11-12,15,20,23-25H2,1-2H3,(H,38,40)/t26-,31?/m0/s1. The zero-order valence-electron chi connectivity index (χ0n) is 24.1. The highest BCUT2D eigenvalue weighted by molar-refractivity contribution is 6.10. The Labute approximate surface area is 239 Å². The van der Waals surface area contributed by atoms with Gasteiger partial charge in [0, 0.05) is 43.6 Å². The number of nitrogens with zero attached hydrogens (tertiary/aromatic N) is 2. The van der Waals surface area contributed by atoms with E-state index >= 15 is 0 Å². The minimum Gasteiger partial charge on any atom is -0.353 e. The van der Waals surface area contributed by atoms with E-state index in [1.165, 1.54) is 19.3 Å². The Hall–Kier alpha value is -3.42. The molecule has 3 N–H and O–H groups in total. The highest BCUT2D eigenvalue weighted by Crippen LogP contribution is 2.17. The summed E-state index contributed by atoms with van der Waals surface area (Å²) in [5, 5.41) is 9.88. The predicted molar refractivity (Wildman–Crippen MR) is 161 cm³/mol. The van der Waals surface area contributed by atoms with Gasteiger partial charge in [-0.3, -0.25) is 19.6 Å². The van der Waals surface area contributed by atoms with Gasteiger partial charge in [-0.15, -0.1) is 0 Å². The van der Waals surface area contributed by atoms with Crippen LogP contribution in [-0.2, 0) is 24.4 Å². The quantitative estimate of drug-likeness (QED) is 0.103. The number of ketones is 1. The largest absolute Gasteiger partial charge is 0.353 e. The van der Waals surface area contributed by atoms with E-state index in [-0.39, 0.29) is 17.7 Å². The van der Waals surface area contributed by atoms with Crippen molar-refractivity contribution in [3.63, 3.8) is 0 Å². The number of Topliss-reactive ketones (excluding diaryl/α,β-unsaturated/α-hetero) is 1. The van der Waals surface area contributed by atoms with Gasteiger partial charge in [0.25, 0.3) is 0 Å². The average Bonchev–Trinajstić information content (AvgIpc) is 2.98. The molecule has 40 heavy (non-hydrogen) atoms. The van der Waals surface area contributed by atoms with E-state index in [1.54, 1.807) is 12.4 Å². The molecule has 0 aliphatic carbocycles. The fraction of sp³-hybridized carbons (Fsp3) is 0.455. The third kappa shape index (κ3) is 11.4. The molecule has 3 rings (SSSR count). The molecule has 0 fully saturated rings. The van der Waals surface area contributed by atoms with E-state index in [0.717, 1.165) is 36.2 Å². The minimum atomic E-state index is -0.706. The monoisotopic (exact) mass is 543 g/mol. The molecule has 1 unspecified atom stereocenters. The Kier molecular flexibility index (Phi) is 14.0. The van der Waals surface area contributed by atoms with E-state index in [9.17, 15) is 9.59 Å². The second-order valence-electron chi connectivity index (χ2n) is 10.4. The first-order valence-corrected chi connectivity index (χ1v) is 14.7.